The minimum Gasteiger partial charge on any atom is -0.493 e. The number of benzene rings is 2. The molecule has 2 aliphatic heterocycles. The van der Waals surface area contributed by atoms with E-state index in [4.69, 9.17) is 9.47 Å². The molecular formula is C25H22F4N4O6S. The molecule has 2 aromatic carbocycles. The first kappa shape index (κ1) is 27.4. The molecule has 1 spiro atoms. The Morgan fingerprint density at radius 1 is 1.23 bits per heavy atom. The van der Waals surface area contributed by atoms with Crippen molar-refractivity contribution < 1.29 is 45.0 Å². The first-order valence-electron chi connectivity index (χ1n) is 11.9. The molecular weight excluding hydrogens is 560 g/mol. The van der Waals surface area contributed by atoms with Crippen LogP contribution >= 0.6 is 0 Å². The monoisotopic (exact) mass is 582 g/mol. The highest BCUT2D eigenvalue weighted by molar-refractivity contribution is 7.91. The van der Waals surface area contributed by atoms with Gasteiger partial charge in [0, 0.05) is 30.7 Å². The van der Waals surface area contributed by atoms with Gasteiger partial charge in [-0.1, -0.05) is 0 Å². The number of amides is 2. The molecule has 0 saturated carbocycles. The van der Waals surface area contributed by atoms with Gasteiger partial charge in [-0.3, -0.25) is 9.59 Å². The second-order valence-corrected chi connectivity index (χ2v) is 11.7. The number of halogens is 4. The zero-order valence-corrected chi connectivity index (χ0v) is 21.7. The largest absolute Gasteiger partial charge is 0.493 e. The Hall–Kier alpha value is -4.14. The molecule has 15 heteroatoms. The van der Waals surface area contributed by atoms with E-state index in [-0.39, 0.29) is 41.6 Å². The fourth-order valence-electron chi connectivity index (χ4n) is 4.78. The minimum absolute atomic E-state index is 0.00465. The predicted octanol–water partition coefficient (Wildman–Crippen LogP) is 2.90. The Kier molecular flexibility index (Phi) is 6.72. The van der Waals surface area contributed by atoms with Crippen LogP contribution in [-0.4, -0.2) is 61.4 Å². The number of nitrogens with zero attached hydrogens (tertiary/aromatic N) is 2. The number of hydrogen-bond donors (Lipinski definition) is 2. The van der Waals surface area contributed by atoms with Gasteiger partial charge < -0.3 is 20.1 Å². The lowest BCUT2D eigenvalue weighted by Gasteiger charge is -2.41. The third kappa shape index (κ3) is 5.59. The van der Waals surface area contributed by atoms with E-state index >= 15 is 0 Å². The molecule has 0 bridgehead atoms. The molecule has 10 nitrogen and oxygen atoms in total. The average molecular weight is 583 g/mol. The smallest absolute Gasteiger partial charge is 0.422 e. The number of rotatable bonds is 6. The molecule has 2 amide bonds. The quantitative estimate of drug-likeness (QED) is 0.428. The molecule has 3 aromatic rings. The van der Waals surface area contributed by atoms with E-state index in [0.717, 1.165) is 18.4 Å². The van der Waals surface area contributed by atoms with E-state index in [1.807, 2.05) is 0 Å². The summed E-state index contributed by atoms with van der Waals surface area (Å²) in [4.78, 5) is 26.1. The number of carbonyl (C=O) groups excluding carboxylic acids is 2. The summed E-state index contributed by atoms with van der Waals surface area (Å²) in [5, 5.41) is 9.92. The second-order valence-electron chi connectivity index (χ2n) is 9.55. The van der Waals surface area contributed by atoms with Gasteiger partial charge in [0.2, 0.25) is 5.91 Å². The molecule has 3 heterocycles. The highest BCUT2D eigenvalue weighted by Crippen LogP contribution is 2.44. The van der Waals surface area contributed by atoms with E-state index in [9.17, 15) is 35.6 Å². The summed E-state index contributed by atoms with van der Waals surface area (Å²) in [6.45, 7) is -1.35. The lowest BCUT2D eigenvalue weighted by Crippen LogP contribution is -2.53. The lowest BCUT2D eigenvalue weighted by molar-refractivity contribution is -0.153. The van der Waals surface area contributed by atoms with Gasteiger partial charge in [0.05, 0.1) is 23.5 Å². The molecule has 1 aromatic heterocycles. The molecule has 0 radical (unpaired) electrons. The van der Waals surface area contributed by atoms with E-state index in [2.05, 4.69) is 15.7 Å². The molecule has 1 atom stereocenters. The van der Waals surface area contributed by atoms with E-state index < -0.39 is 51.5 Å². The molecule has 5 rings (SSSR count). The molecule has 0 aliphatic carbocycles. The first-order chi connectivity index (χ1) is 18.7. The number of nitrogens with one attached hydrogen (secondary N) is 2. The highest BCUT2D eigenvalue weighted by atomic mass is 32.2. The number of ether oxygens (including phenoxy) is 2. The van der Waals surface area contributed by atoms with Crippen LogP contribution in [0.2, 0.25) is 0 Å². The van der Waals surface area contributed by atoms with Gasteiger partial charge in [0.1, 0.15) is 34.5 Å². The maximum Gasteiger partial charge on any atom is 0.422 e. The molecule has 40 heavy (non-hydrogen) atoms. The van der Waals surface area contributed by atoms with Crippen molar-refractivity contribution in [3.8, 4) is 17.2 Å². The SMILES string of the molecule is CS(=O)(=O)CC(=O)Nc1c2c(nn1-c1ccc(F)cc1)C[C@]1(CCOc3cc(OCC(F)(F)F)ccc31)NC2=O. The van der Waals surface area contributed by atoms with Crippen molar-refractivity contribution in [2.75, 3.05) is 30.5 Å². The summed E-state index contributed by atoms with van der Waals surface area (Å²) in [6.07, 6.45) is -3.23. The second kappa shape index (κ2) is 9.80. The minimum atomic E-state index is -4.52. The van der Waals surface area contributed by atoms with Gasteiger partial charge in [-0.15, -0.1) is 0 Å². The van der Waals surface area contributed by atoms with E-state index in [1.165, 1.54) is 35.0 Å². The van der Waals surface area contributed by atoms with Crippen LogP contribution in [0, 0.1) is 5.82 Å². The molecule has 0 unspecified atom stereocenters. The number of anilines is 1. The summed E-state index contributed by atoms with van der Waals surface area (Å²) < 4.78 is 86.4. The maximum absolute atomic E-state index is 13.6. The van der Waals surface area contributed by atoms with E-state index in [0.29, 0.717) is 17.7 Å². The molecule has 0 saturated heterocycles. The van der Waals surface area contributed by atoms with Gasteiger partial charge in [0.15, 0.2) is 16.4 Å². The number of carbonyl (C=O) groups is 2. The van der Waals surface area contributed by atoms with Crippen LogP contribution in [0.3, 0.4) is 0 Å². The molecule has 2 aliphatic rings. The first-order valence-corrected chi connectivity index (χ1v) is 13.9. The van der Waals surface area contributed by atoms with Gasteiger partial charge in [0.25, 0.3) is 5.91 Å². The van der Waals surface area contributed by atoms with Crippen LogP contribution in [0.5, 0.6) is 11.5 Å². The lowest BCUT2D eigenvalue weighted by atomic mass is 9.77. The van der Waals surface area contributed by atoms with Crippen molar-refractivity contribution in [3.63, 3.8) is 0 Å². The Bertz CT molecular complexity index is 1600. The zero-order chi connectivity index (χ0) is 28.9. The van der Waals surface area contributed by atoms with Crippen LogP contribution in [-0.2, 0) is 26.6 Å². The Morgan fingerprint density at radius 3 is 2.62 bits per heavy atom. The third-order valence-electron chi connectivity index (χ3n) is 6.39. The number of aromatic nitrogens is 2. The summed E-state index contributed by atoms with van der Waals surface area (Å²) in [5.74, 6) is -2.82. The molecule has 0 fully saturated rings. The van der Waals surface area contributed by atoms with E-state index in [1.54, 1.807) is 0 Å². The average Bonchev–Trinajstić information content (AvgIpc) is 3.19. The van der Waals surface area contributed by atoms with Gasteiger partial charge in [-0.2, -0.15) is 18.3 Å². The number of sulfone groups is 1. The fraction of sp³-hybridized carbons (Fsp3) is 0.320. The van der Waals surface area contributed by atoms with Crippen LogP contribution in [0.1, 0.15) is 28.0 Å². The standard InChI is InChI=1S/C25H22F4N4O6S/c1-40(36,37)12-20(34)30-22-21-18(32-33(22)15-4-2-14(26)3-5-15)11-24(31-23(21)35)8-9-38-19-10-16(6-7-17(19)24)39-13-25(27,28)29/h2-7,10H,8-9,11-13H2,1H3,(H,30,34)(H,31,35)/t24-/m0/s1. The highest BCUT2D eigenvalue weighted by Gasteiger charge is 2.46. The van der Waals surface area contributed by atoms with Gasteiger partial charge in [-0.25, -0.2) is 17.5 Å². The van der Waals surface area contributed by atoms with Crippen molar-refractivity contribution in [1.29, 1.82) is 0 Å². The van der Waals surface area contributed by atoms with Crippen molar-refractivity contribution >= 4 is 27.5 Å². The van der Waals surface area contributed by atoms with Crippen LogP contribution in [0.25, 0.3) is 5.69 Å². The Morgan fingerprint density at radius 2 is 1.95 bits per heavy atom. The summed E-state index contributed by atoms with van der Waals surface area (Å²) in [5.41, 5.74) is 0.00108. The maximum atomic E-state index is 13.6. The van der Waals surface area contributed by atoms with Crippen molar-refractivity contribution in [2.45, 2.75) is 24.6 Å². The predicted molar refractivity (Wildman–Crippen MR) is 133 cm³/mol. The normalized spacial score (nSPS) is 18.4. The van der Waals surface area contributed by atoms with Crippen LogP contribution in [0.15, 0.2) is 42.5 Å². The number of hydrogen-bond acceptors (Lipinski definition) is 7. The Labute approximate surface area is 225 Å². The molecule has 2 N–H and O–H groups in total. The third-order valence-corrected chi connectivity index (χ3v) is 7.17. The summed E-state index contributed by atoms with van der Waals surface area (Å²) >= 11 is 0. The molecule has 212 valence electrons. The number of alkyl halides is 3. The summed E-state index contributed by atoms with van der Waals surface area (Å²) in [7, 11) is -3.69. The van der Waals surface area contributed by atoms with Gasteiger partial charge >= 0.3 is 6.18 Å². The summed E-state index contributed by atoms with van der Waals surface area (Å²) in [6, 6.07) is 9.24. The van der Waals surface area contributed by atoms with Crippen LogP contribution < -0.4 is 20.1 Å². The topological polar surface area (TPSA) is 129 Å². The van der Waals surface area contributed by atoms with Crippen molar-refractivity contribution in [1.82, 2.24) is 15.1 Å². The Balaban J connectivity index is 1.54. The fourth-order valence-corrected chi connectivity index (χ4v) is 5.33. The van der Waals surface area contributed by atoms with Crippen molar-refractivity contribution in [2.24, 2.45) is 0 Å². The number of fused-ring (bicyclic) bond motifs is 3. The van der Waals surface area contributed by atoms with Crippen LogP contribution in [0.4, 0.5) is 23.4 Å². The van der Waals surface area contributed by atoms with Crippen molar-refractivity contribution in [3.05, 3.63) is 65.1 Å². The van der Waals surface area contributed by atoms with Gasteiger partial charge in [-0.05, 0) is 36.4 Å². The zero-order valence-electron chi connectivity index (χ0n) is 20.8.